The molecule has 2 atom stereocenters. The van der Waals surface area contributed by atoms with Crippen molar-refractivity contribution < 1.29 is 4.79 Å². The molecule has 0 radical (unpaired) electrons. The molecular formula is C12H17BrN2OS. The van der Waals surface area contributed by atoms with Crippen molar-refractivity contribution in [2.24, 2.45) is 0 Å². The summed E-state index contributed by atoms with van der Waals surface area (Å²) in [6.07, 6.45) is 2.23. The molecule has 1 fully saturated rings. The zero-order valence-electron chi connectivity index (χ0n) is 9.83. The Hall–Kier alpha value is -0.390. The number of rotatable bonds is 3. The maximum Gasteiger partial charge on any atom is 0.228 e. The molecule has 1 aliphatic rings. The summed E-state index contributed by atoms with van der Waals surface area (Å²) in [5.41, 5.74) is 0. The lowest BCUT2D eigenvalue weighted by molar-refractivity contribution is -0.122. The van der Waals surface area contributed by atoms with Crippen LogP contribution in [0.3, 0.4) is 0 Å². The second-order valence-electron chi connectivity index (χ2n) is 4.42. The van der Waals surface area contributed by atoms with Crippen LogP contribution in [0.2, 0.25) is 0 Å². The number of carbonyl (C=O) groups is 1. The van der Waals surface area contributed by atoms with Crippen molar-refractivity contribution in [3.05, 3.63) is 20.8 Å². The highest BCUT2D eigenvalue weighted by Crippen LogP contribution is 2.28. The second kappa shape index (κ2) is 5.98. The molecule has 2 rings (SSSR count). The first kappa shape index (κ1) is 13.1. The number of hydrogen-bond donors (Lipinski definition) is 2. The van der Waals surface area contributed by atoms with Gasteiger partial charge in [0.1, 0.15) is 0 Å². The standard InChI is InChI=1S/C12H17BrN2OS/c1-8(10-4-5-11(13)17-10)12(16)15-9-3-2-6-14-7-9/h4-5,8-9,14H,2-3,6-7H2,1H3,(H,15,16). The topological polar surface area (TPSA) is 41.1 Å². The summed E-state index contributed by atoms with van der Waals surface area (Å²) in [5, 5.41) is 6.42. The third kappa shape index (κ3) is 3.53. The van der Waals surface area contributed by atoms with E-state index in [4.69, 9.17) is 0 Å². The largest absolute Gasteiger partial charge is 0.352 e. The van der Waals surface area contributed by atoms with Crippen LogP contribution in [0.1, 0.15) is 30.6 Å². The van der Waals surface area contributed by atoms with E-state index in [1.54, 1.807) is 11.3 Å². The van der Waals surface area contributed by atoms with Crippen LogP contribution in [0.25, 0.3) is 0 Å². The Bertz CT molecular complexity index is 388. The second-order valence-corrected chi connectivity index (χ2v) is 6.91. The highest BCUT2D eigenvalue weighted by atomic mass is 79.9. The average Bonchev–Trinajstić information content (AvgIpc) is 2.76. The van der Waals surface area contributed by atoms with Gasteiger partial charge in [-0.2, -0.15) is 0 Å². The van der Waals surface area contributed by atoms with E-state index in [2.05, 4.69) is 26.6 Å². The fourth-order valence-corrected chi connectivity index (χ4v) is 3.47. The number of hydrogen-bond acceptors (Lipinski definition) is 3. The molecule has 1 aromatic rings. The number of carbonyl (C=O) groups excluding carboxylic acids is 1. The molecule has 17 heavy (non-hydrogen) atoms. The Labute approximate surface area is 114 Å². The fourth-order valence-electron chi connectivity index (χ4n) is 1.99. The van der Waals surface area contributed by atoms with E-state index in [0.29, 0.717) is 6.04 Å². The molecule has 2 heterocycles. The highest BCUT2D eigenvalue weighted by Gasteiger charge is 2.21. The Morgan fingerprint density at radius 3 is 3.06 bits per heavy atom. The van der Waals surface area contributed by atoms with Gasteiger partial charge in [0.15, 0.2) is 0 Å². The van der Waals surface area contributed by atoms with Crippen LogP contribution in [-0.2, 0) is 4.79 Å². The number of piperidine rings is 1. The van der Waals surface area contributed by atoms with Gasteiger partial charge in [-0.05, 0) is 54.4 Å². The Morgan fingerprint density at radius 2 is 2.47 bits per heavy atom. The summed E-state index contributed by atoms with van der Waals surface area (Å²) < 4.78 is 1.08. The van der Waals surface area contributed by atoms with Gasteiger partial charge in [-0.15, -0.1) is 11.3 Å². The summed E-state index contributed by atoms with van der Waals surface area (Å²) in [6, 6.07) is 4.30. The van der Waals surface area contributed by atoms with Crippen molar-refractivity contribution in [3.8, 4) is 0 Å². The average molecular weight is 317 g/mol. The van der Waals surface area contributed by atoms with Crippen molar-refractivity contribution in [1.82, 2.24) is 10.6 Å². The molecule has 1 amide bonds. The van der Waals surface area contributed by atoms with Gasteiger partial charge >= 0.3 is 0 Å². The van der Waals surface area contributed by atoms with Gasteiger partial charge in [-0.1, -0.05) is 0 Å². The lowest BCUT2D eigenvalue weighted by Crippen LogP contribution is -2.46. The van der Waals surface area contributed by atoms with Crippen LogP contribution < -0.4 is 10.6 Å². The molecule has 0 aromatic carbocycles. The Balaban J connectivity index is 1.90. The molecule has 0 saturated carbocycles. The van der Waals surface area contributed by atoms with Crippen molar-refractivity contribution >= 4 is 33.2 Å². The third-order valence-corrected chi connectivity index (χ3v) is 4.86. The minimum Gasteiger partial charge on any atom is -0.352 e. The Morgan fingerprint density at radius 1 is 1.65 bits per heavy atom. The summed E-state index contributed by atoms with van der Waals surface area (Å²) >= 11 is 5.05. The first-order valence-electron chi connectivity index (χ1n) is 5.93. The van der Waals surface area contributed by atoms with Gasteiger partial charge in [0.2, 0.25) is 5.91 Å². The van der Waals surface area contributed by atoms with Crippen molar-refractivity contribution in [2.75, 3.05) is 13.1 Å². The van der Waals surface area contributed by atoms with Crippen molar-refractivity contribution in [3.63, 3.8) is 0 Å². The van der Waals surface area contributed by atoms with Crippen LogP contribution in [-0.4, -0.2) is 25.0 Å². The van der Waals surface area contributed by atoms with Gasteiger partial charge < -0.3 is 10.6 Å². The zero-order chi connectivity index (χ0) is 12.3. The van der Waals surface area contributed by atoms with E-state index in [9.17, 15) is 4.79 Å². The molecule has 1 aromatic heterocycles. The molecule has 94 valence electrons. The monoisotopic (exact) mass is 316 g/mol. The maximum absolute atomic E-state index is 12.1. The third-order valence-electron chi connectivity index (χ3n) is 3.06. The van der Waals surface area contributed by atoms with Gasteiger partial charge in [0.25, 0.3) is 0 Å². The summed E-state index contributed by atoms with van der Waals surface area (Å²) in [5.74, 6) is 0.0706. The Kier molecular flexibility index (Phi) is 4.59. The van der Waals surface area contributed by atoms with Crippen LogP contribution in [0.4, 0.5) is 0 Å². The zero-order valence-corrected chi connectivity index (χ0v) is 12.2. The molecule has 0 bridgehead atoms. The van der Waals surface area contributed by atoms with Gasteiger partial charge in [-0.25, -0.2) is 0 Å². The quantitative estimate of drug-likeness (QED) is 0.899. The molecule has 0 aliphatic carbocycles. The van der Waals surface area contributed by atoms with Crippen LogP contribution >= 0.6 is 27.3 Å². The normalized spacial score (nSPS) is 22.1. The molecule has 5 heteroatoms. The molecular weight excluding hydrogens is 300 g/mol. The van der Waals surface area contributed by atoms with E-state index >= 15 is 0 Å². The van der Waals surface area contributed by atoms with Crippen LogP contribution in [0.15, 0.2) is 15.9 Å². The number of nitrogens with one attached hydrogen (secondary N) is 2. The molecule has 2 N–H and O–H groups in total. The number of amides is 1. The summed E-state index contributed by atoms with van der Waals surface area (Å²) in [6.45, 7) is 3.93. The highest BCUT2D eigenvalue weighted by molar-refractivity contribution is 9.11. The molecule has 0 spiro atoms. The van der Waals surface area contributed by atoms with E-state index in [1.807, 2.05) is 19.1 Å². The summed E-state index contributed by atoms with van der Waals surface area (Å²) in [7, 11) is 0. The predicted octanol–water partition coefficient (Wildman–Crippen LogP) is 2.48. The van der Waals surface area contributed by atoms with E-state index in [1.165, 1.54) is 0 Å². The molecule has 1 saturated heterocycles. The van der Waals surface area contributed by atoms with Crippen LogP contribution in [0, 0.1) is 0 Å². The predicted molar refractivity (Wildman–Crippen MR) is 74.5 cm³/mol. The minimum absolute atomic E-state index is 0.0618. The number of halogens is 1. The van der Waals surface area contributed by atoms with Gasteiger partial charge in [-0.3, -0.25) is 4.79 Å². The van der Waals surface area contributed by atoms with E-state index < -0.39 is 0 Å². The lowest BCUT2D eigenvalue weighted by Gasteiger charge is -2.25. The van der Waals surface area contributed by atoms with E-state index in [0.717, 1.165) is 34.6 Å². The molecule has 2 unspecified atom stereocenters. The van der Waals surface area contributed by atoms with Gasteiger partial charge in [0, 0.05) is 17.5 Å². The summed E-state index contributed by atoms with van der Waals surface area (Å²) in [4.78, 5) is 13.2. The minimum atomic E-state index is -0.0618. The van der Waals surface area contributed by atoms with Crippen LogP contribution in [0.5, 0.6) is 0 Å². The van der Waals surface area contributed by atoms with E-state index in [-0.39, 0.29) is 11.8 Å². The first-order valence-corrected chi connectivity index (χ1v) is 7.54. The first-order chi connectivity index (χ1) is 8.16. The number of thiophene rings is 1. The van der Waals surface area contributed by atoms with Crippen molar-refractivity contribution in [2.45, 2.75) is 31.7 Å². The SMILES string of the molecule is CC(C(=O)NC1CCCNC1)c1ccc(Br)s1. The molecule has 1 aliphatic heterocycles. The van der Waals surface area contributed by atoms with Gasteiger partial charge in [0.05, 0.1) is 9.70 Å². The molecule has 3 nitrogen and oxygen atoms in total. The van der Waals surface area contributed by atoms with Crippen molar-refractivity contribution in [1.29, 1.82) is 0 Å². The smallest absolute Gasteiger partial charge is 0.228 e. The maximum atomic E-state index is 12.1. The lowest BCUT2D eigenvalue weighted by atomic mass is 10.1. The fraction of sp³-hybridized carbons (Fsp3) is 0.583.